The highest BCUT2D eigenvalue weighted by Crippen LogP contribution is 2.26. The molecular formula is C30H34ClFN2O3. The normalized spacial score (nSPS) is 12.1. The number of nitrogens with zero attached hydrogens (tertiary/aromatic N) is 1. The largest absolute Gasteiger partial charge is 0.484 e. The zero-order valence-corrected chi connectivity index (χ0v) is 22.7. The summed E-state index contributed by atoms with van der Waals surface area (Å²) in [4.78, 5) is 28.7. The summed E-state index contributed by atoms with van der Waals surface area (Å²) in [6.45, 7) is 9.28. The summed E-state index contributed by atoms with van der Waals surface area (Å²) in [5.41, 5.74) is 2.82. The quantitative estimate of drug-likeness (QED) is 0.372. The van der Waals surface area contributed by atoms with Crippen molar-refractivity contribution < 1.29 is 18.7 Å². The number of rotatable bonds is 9. The molecule has 0 fully saturated rings. The van der Waals surface area contributed by atoms with Crippen molar-refractivity contribution in [3.63, 3.8) is 0 Å². The van der Waals surface area contributed by atoms with E-state index in [2.05, 4.69) is 5.32 Å². The number of carbonyl (C=O) groups is 2. The molecule has 1 N–H and O–H groups in total. The first-order valence-electron chi connectivity index (χ1n) is 12.2. The summed E-state index contributed by atoms with van der Waals surface area (Å²) < 4.78 is 19.4. The fourth-order valence-electron chi connectivity index (χ4n) is 4.01. The lowest BCUT2D eigenvalue weighted by molar-refractivity contribution is -0.143. The zero-order valence-electron chi connectivity index (χ0n) is 22.0. The first-order valence-corrected chi connectivity index (χ1v) is 12.6. The van der Waals surface area contributed by atoms with E-state index >= 15 is 0 Å². The Morgan fingerprint density at radius 1 is 0.973 bits per heavy atom. The van der Waals surface area contributed by atoms with Crippen molar-refractivity contribution in [3.05, 3.63) is 99.8 Å². The molecule has 2 amide bonds. The number of benzene rings is 3. The maximum atomic E-state index is 13.6. The van der Waals surface area contributed by atoms with Crippen LogP contribution in [0.25, 0.3) is 0 Å². The first-order chi connectivity index (χ1) is 17.4. The molecule has 3 aromatic carbocycles. The molecule has 37 heavy (non-hydrogen) atoms. The molecule has 0 saturated carbocycles. The molecule has 0 radical (unpaired) electrons. The molecule has 0 spiro atoms. The van der Waals surface area contributed by atoms with Crippen LogP contribution in [0.3, 0.4) is 0 Å². The predicted molar refractivity (Wildman–Crippen MR) is 145 cm³/mol. The van der Waals surface area contributed by atoms with Crippen molar-refractivity contribution in [3.8, 4) is 5.75 Å². The van der Waals surface area contributed by atoms with Crippen LogP contribution in [0, 0.1) is 19.7 Å². The van der Waals surface area contributed by atoms with E-state index in [-0.39, 0.29) is 30.8 Å². The number of hydrogen-bond donors (Lipinski definition) is 1. The molecule has 3 rings (SSSR count). The van der Waals surface area contributed by atoms with Crippen LogP contribution in [0.4, 0.5) is 4.39 Å². The van der Waals surface area contributed by atoms with E-state index < -0.39 is 11.6 Å². The Hall–Kier alpha value is -3.38. The van der Waals surface area contributed by atoms with E-state index in [1.165, 1.54) is 17.0 Å². The van der Waals surface area contributed by atoms with Crippen molar-refractivity contribution in [1.82, 2.24) is 10.2 Å². The minimum Gasteiger partial charge on any atom is -0.484 e. The Balaban J connectivity index is 1.94. The molecule has 0 aliphatic carbocycles. The third kappa shape index (κ3) is 8.32. The van der Waals surface area contributed by atoms with Crippen LogP contribution in [-0.4, -0.2) is 34.9 Å². The minimum absolute atomic E-state index is 0.121. The molecule has 0 heterocycles. The lowest BCUT2D eigenvalue weighted by Gasteiger charge is -2.33. The van der Waals surface area contributed by atoms with Crippen LogP contribution in [0.1, 0.15) is 43.0 Å². The van der Waals surface area contributed by atoms with E-state index in [1.54, 1.807) is 24.3 Å². The second kappa shape index (κ2) is 12.2. The van der Waals surface area contributed by atoms with Crippen LogP contribution in [0.2, 0.25) is 5.02 Å². The third-order valence-corrected chi connectivity index (χ3v) is 6.40. The van der Waals surface area contributed by atoms with Gasteiger partial charge in [-0.1, -0.05) is 54.1 Å². The molecular weight excluding hydrogens is 491 g/mol. The second-order valence-electron chi connectivity index (χ2n) is 10.3. The average Bonchev–Trinajstić information content (AvgIpc) is 2.83. The molecule has 5 nitrogen and oxygen atoms in total. The van der Waals surface area contributed by atoms with Gasteiger partial charge in [0.15, 0.2) is 6.61 Å². The molecule has 0 aromatic heterocycles. The van der Waals surface area contributed by atoms with Gasteiger partial charge in [0.1, 0.15) is 17.6 Å². The summed E-state index contributed by atoms with van der Waals surface area (Å²) in [6.07, 6.45) is 0.314. The standard InChI is InChI=1S/C30H34ClFN2O3/c1-20-15-25(16-21(2)28(20)31)37-19-27(35)34(18-23-11-13-24(32)14-12-23)26(29(36)33-30(3,4)5)17-22-9-7-6-8-10-22/h6-16,26H,17-19H2,1-5H3,(H,33,36). The Bertz CT molecular complexity index is 1200. The van der Waals surface area contributed by atoms with Gasteiger partial charge in [0.25, 0.3) is 5.91 Å². The monoisotopic (exact) mass is 524 g/mol. The highest BCUT2D eigenvalue weighted by Gasteiger charge is 2.32. The van der Waals surface area contributed by atoms with Gasteiger partial charge in [-0.25, -0.2) is 4.39 Å². The lowest BCUT2D eigenvalue weighted by Crippen LogP contribution is -2.55. The smallest absolute Gasteiger partial charge is 0.261 e. The van der Waals surface area contributed by atoms with E-state index in [9.17, 15) is 14.0 Å². The molecule has 7 heteroatoms. The first kappa shape index (κ1) is 28.2. The molecule has 1 atom stereocenters. The molecule has 0 saturated heterocycles. The maximum absolute atomic E-state index is 13.6. The van der Waals surface area contributed by atoms with Crippen molar-refractivity contribution >= 4 is 23.4 Å². The molecule has 1 unspecified atom stereocenters. The molecule has 0 aliphatic heterocycles. The zero-order chi connectivity index (χ0) is 27.2. The maximum Gasteiger partial charge on any atom is 0.261 e. The van der Waals surface area contributed by atoms with Crippen LogP contribution >= 0.6 is 11.6 Å². The fourth-order valence-corrected chi connectivity index (χ4v) is 4.12. The van der Waals surface area contributed by atoms with Crippen LogP contribution < -0.4 is 10.1 Å². The van der Waals surface area contributed by atoms with Gasteiger partial charge in [0.05, 0.1) is 0 Å². The van der Waals surface area contributed by atoms with E-state index in [1.807, 2.05) is 65.0 Å². The van der Waals surface area contributed by atoms with Gasteiger partial charge < -0.3 is 15.0 Å². The summed E-state index contributed by atoms with van der Waals surface area (Å²) in [7, 11) is 0. The van der Waals surface area contributed by atoms with E-state index in [4.69, 9.17) is 16.3 Å². The van der Waals surface area contributed by atoms with E-state index in [0.29, 0.717) is 22.8 Å². The Morgan fingerprint density at radius 2 is 1.57 bits per heavy atom. The Labute approximate surface area is 223 Å². The number of aryl methyl sites for hydroxylation is 2. The second-order valence-corrected chi connectivity index (χ2v) is 10.6. The van der Waals surface area contributed by atoms with Crippen molar-refractivity contribution in [2.45, 2.75) is 59.2 Å². The topological polar surface area (TPSA) is 58.6 Å². The van der Waals surface area contributed by atoms with Gasteiger partial charge in [-0.05, 0) is 81.1 Å². The summed E-state index contributed by atoms with van der Waals surface area (Å²) in [6, 6.07) is 18.2. The summed E-state index contributed by atoms with van der Waals surface area (Å²) in [5.74, 6) is -0.484. The van der Waals surface area contributed by atoms with Crippen LogP contribution in [0.15, 0.2) is 66.7 Å². The van der Waals surface area contributed by atoms with Crippen molar-refractivity contribution in [2.24, 2.45) is 0 Å². The lowest BCUT2D eigenvalue weighted by atomic mass is 10.0. The third-order valence-electron chi connectivity index (χ3n) is 5.81. The fraction of sp³-hybridized carbons (Fsp3) is 0.333. The average molecular weight is 525 g/mol. The van der Waals surface area contributed by atoms with Crippen LogP contribution in [-0.2, 0) is 22.6 Å². The minimum atomic E-state index is -0.809. The highest BCUT2D eigenvalue weighted by atomic mass is 35.5. The highest BCUT2D eigenvalue weighted by molar-refractivity contribution is 6.32. The molecule has 0 aliphatic rings. The van der Waals surface area contributed by atoms with Crippen molar-refractivity contribution in [2.75, 3.05) is 6.61 Å². The number of carbonyl (C=O) groups excluding carboxylic acids is 2. The Kier molecular flexibility index (Phi) is 9.33. The van der Waals surface area contributed by atoms with Crippen molar-refractivity contribution in [1.29, 1.82) is 0 Å². The van der Waals surface area contributed by atoms with Crippen LogP contribution in [0.5, 0.6) is 5.75 Å². The number of ether oxygens (including phenoxy) is 1. The van der Waals surface area contributed by atoms with Gasteiger partial charge in [-0.3, -0.25) is 9.59 Å². The molecule has 3 aromatic rings. The molecule has 0 bridgehead atoms. The van der Waals surface area contributed by atoms with Gasteiger partial charge in [0.2, 0.25) is 5.91 Å². The molecule has 196 valence electrons. The number of nitrogens with one attached hydrogen (secondary N) is 1. The number of halogens is 2. The number of amides is 2. The SMILES string of the molecule is Cc1cc(OCC(=O)N(Cc2ccc(F)cc2)C(Cc2ccccc2)C(=O)NC(C)(C)C)cc(C)c1Cl. The predicted octanol–water partition coefficient (Wildman–Crippen LogP) is 6.03. The summed E-state index contributed by atoms with van der Waals surface area (Å²) >= 11 is 6.27. The Morgan fingerprint density at radius 3 is 2.14 bits per heavy atom. The van der Waals surface area contributed by atoms with Gasteiger partial charge in [-0.15, -0.1) is 0 Å². The van der Waals surface area contributed by atoms with Gasteiger partial charge >= 0.3 is 0 Å². The number of hydrogen-bond acceptors (Lipinski definition) is 3. The van der Waals surface area contributed by atoms with Gasteiger partial charge in [-0.2, -0.15) is 0 Å². The van der Waals surface area contributed by atoms with E-state index in [0.717, 1.165) is 16.7 Å². The van der Waals surface area contributed by atoms with Gasteiger partial charge in [0, 0.05) is 23.5 Å². The summed E-state index contributed by atoms with van der Waals surface area (Å²) in [5, 5.41) is 3.67.